The van der Waals surface area contributed by atoms with Gasteiger partial charge in [-0.1, -0.05) is 32.3 Å². The summed E-state index contributed by atoms with van der Waals surface area (Å²) in [5.41, 5.74) is 0. The fourth-order valence-electron chi connectivity index (χ4n) is 2.89. The van der Waals surface area contributed by atoms with E-state index in [9.17, 15) is 0 Å². The zero-order chi connectivity index (χ0) is 15.1. The van der Waals surface area contributed by atoms with Crippen molar-refractivity contribution in [3.63, 3.8) is 0 Å². The van der Waals surface area contributed by atoms with Gasteiger partial charge in [-0.25, -0.2) is 0 Å². The van der Waals surface area contributed by atoms with Crippen LogP contribution in [0.1, 0.15) is 58.2 Å². The molecule has 0 saturated carbocycles. The molecule has 1 aliphatic heterocycles. The third-order valence-corrected chi connectivity index (χ3v) is 4.00. The molecule has 5 heteroatoms. The van der Waals surface area contributed by atoms with Gasteiger partial charge in [0, 0.05) is 19.0 Å². The zero-order valence-electron chi connectivity index (χ0n) is 13.8. The van der Waals surface area contributed by atoms with Crippen molar-refractivity contribution in [2.75, 3.05) is 19.6 Å². The molecule has 1 aliphatic rings. The van der Waals surface area contributed by atoms with E-state index in [0.29, 0.717) is 12.0 Å². The lowest BCUT2D eigenvalue weighted by molar-refractivity contribution is 0.132. The summed E-state index contributed by atoms with van der Waals surface area (Å²) >= 11 is 0. The number of rotatable bonds is 8. The summed E-state index contributed by atoms with van der Waals surface area (Å²) in [6.07, 6.45) is 5.81. The second-order valence-electron chi connectivity index (χ2n) is 6.53. The lowest BCUT2D eigenvalue weighted by Gasteiger charge is -2.35. The first-order chi connectivity index (χ1) is 10.2. The summed E-state index contributed by atoms with van der Waals surface area (Å²) < 4.78 is 5.29. The van der Waals surface area contributed by atoms with E-state index in [0.717, 1.165) is 50.7 Å². The Morgan fingerprint density at radius 3 is 3.00 bits per heavy atom. The molecule has 5 nitrogen and oxygen atoms in total. The van der Waals surface area contributed by atoms with Crippen LogP contribution in [0.25, 0.3) is 0 Å². The normalized spacial score (nSPS) is 20.3. The highest BCUT2D eigenvalue weighted by Crippen LogP contribution is 2.18. The number of aromatic nitrogens is 2. The maximum Gasteiger partial charge on any atom is 0.226 e. The third kappa shape index (κ3) is 5.40. The minimum absolute atomic E-state index is 0.602. The molecular weight excluding hydrogens is 264 g/mol. The Hall–Kier alpha value is -0.940. The summed E-state index contributed by atoms with van der Waals surface area (Å²) in [4.78, 5) is 7.01. The molecule has 1 aromatic rings. The van der Waals surface area contributed by atoms with Gasteiger partial charge in [-0.05, 0) is 38.3 Å². The van der Waals surface area contributed by atoms with Gasteiger partial charge in [0.1, 0.15) is 0 Å². The van der Waals surface area contributed by atoms with Crippen molar-refractivity contribution >= 4 is 0 Å². The van der Waals surface area contributed by atoms with Crippen molar-refractivity contribution in [1.82, 2.24) is 20.4 Å². The fourth-order valence-corrected chi connectivity index (χ4v) is 2.89. The van der Waals surface area contributed by atoms with Gasteiger partial charge in [0.05, 0.1) is 6.54 Å². The number of nitrogens with one attached hydrogen (secondary N) is 1. The molecule has 1 atom stereocenters. The number of hydrogen-bond donors (Lipinski definition) is 1. The van der Waals surface area contributed by atoms with E-state index in [2.05, 4.69) is 41.1 Å². The van der Waals surface area contributed by atoms with Crippen LogP contribution in [-0.2, 0) is 13.0 Å². The Morgan fingerprint density at radius 1 is 1.38 bits per heavy atom. The van der Waals surface area contributed by atoms with E-state index in [1.54, 1.807) is 0 Å². The number of aryl methyl sites for hydroxylation is 1. The van der Waals surface area contributed by atoms with Crippen LogP contribution in [0.4, 0.5) is 0 Å². The smallest absolute Gasteiger partial charge is 0.226 e. The lowest BCUT2D eigenvalue weighted by Crippen LogP contribution is -2.45. The van der Waals surface area contributed by atoms with E-state index in [4.69, 9.17) is 4.52 Å². The first-order valence-electron chi connectivity index (χ1n) is 8.45. The van der Waals surface area contributed by atoms with Gasteiger partial charge < -0.3 is 9.84 Å². The highest BCUT2D eigenvalue weighted by molar-refractivity contribution is 4.89. The maximum absolute atomic E-state index is 5.29. The minimum atomic E-state index is 0.602. The second kappa shape index (κ2) is 8.49. The van der Waals surface area contributed by atoms with Crippen LogP contribution in [0, 0.1) is 5.92 Å². The third-order valence-electron chi connectivity index (χ3n) is 4.00. The molecule has 0 radical (unpaired) electrons. The largest absolute Gasteiger partial charge is 0.339 e. The van der Waals surface area contributed by atoms with Crippen LogP contribution < -0.4 is 5.32 Å². The van der Waals surface area contributed by atoms with Crippen molar-refractivity contribution in [3.05, 3.63) is 11.7 Å². The van der Waals surface area contributed by atoms with E-state index in [1.807, 2.05) is 0 Å². The molecule has 0 spiro atoms. The monoisotopic (exact) mass is 294 g/mol. The molecule has 1 saturated heterocycles. The van der Waals surface area contributed by atoms with Crippen molar-refractivity contribution in [3.8, 4) is 0 Å². The molecule has 2 heterocycles. The van der Waals surface area contributed by atoms with Crippen LogP contribution in [-0.4, -0.2) is 40.7 Å². The number of hydrogen-bond acceptors (Lipinski definition) is 5. The average molecular weight is 294 g/mol. The molecular formula is C16H30N4O. The van der Waals surface area contributed by atoms with Gasteiger partial charge in [0.15, 0.2) is 5.82 Å². The molecule has 0 aliphatic carbocycles. The molecule has 1 N–H and O–H groups in total. The Bertz CT molecular complexity index is 405. The topological polar surface area (TPSA) is 54.2 Å². The predicted molar refractivity (Wildman–Crippen MR) is 84.0 cm³/mol. The highest BCUT2D eigenvalue weighted by atomic mass is 16.5. The van der Waals surface area contributed by atoms with Gasteiger partial charge in [-0.3, -0.25) is 4.90 Å². The Morgan fingerprint density at radius 2 is 2.24 bits per heavy atom. The minimum Gasteiger partial charge on any atom is -0.339 e. The van der Waals surface area contributed by atoms with Gasteiger partial charge in [0.2, 0.25) is 5.89 Å². The Labute approximate surface area is 128 Å². The van der Waals surface area contributed by atoms with Crippen molar-refractivity contribution in [1.29, 1.82) is 0 Å². The van der Waals surface area contributed by atoms with Gasteiger partial charge >= 0.3 is 0 Å². The molecule has 1 fully saturated rings. The average Bonchev–Trinajstić information content (AvgIpc) is 2.88. The fraction of sp³-hybridized carbons (Fsp3) is 0.875. The first-order valence-corrected chi connectivity index (χ1v) is 8.45. The summed E-state index contributed by atoms with van der Waals surface area (Å²) in [6.45, 7) is 10.8. The Kier molecular flexibility index (Phi) is 6.64. The van der Waals surface area contributed by atoms with Gasteiger partial charge in [0.25, 0.3) is 0 Å². The SMILES string of the molecule is CCCc1nc(CN2CCCCC2CNCC(C)C)no1. The van der Waals surface area contributed by atoms with Crippen molar-refractivity contribution in [2.24, 2.45) is 5.92 Å². The predicted octanol–water partition coefficient (Wildman–Crippen LogP) is 2.62. The van der Waals surface area contributed by atoms with Crippen molar-refractivity contribution < 1.29 is 4.52 Å². The van der Waals surface area contributed by atoms with Crippen LogP contribution >= 0.6 is 0 Å². The van der Waals surface area contributed by atoms with E-state index in [-0.39, 0.29) is 0 Å². The molecule has 2 rings (SSSR count). The van der Waals surface area contributed by atoms with Crippen LogP contribution in [0.3, 0.4) is 0 Å². The molecule has 0 aromatic carbocycles. The molecule has 21 heavy (non-hydrogen) atoms. The standard InChI is InChI=1S/C16H30N4O/c1-4-7-16-18-15(19-21-16)12-20-9-6-5-8-14(20)11-17-10-13(2)3/h13-14,17H,4-12H2,1-3H3. The summed E-state index contributed by atoms with van der Waals surface area (Å²) in [5.74, 6) is 2.32. The summed E-state index contributed by atoms with van der Waals surface area (Å²) in [5, 5.41) is 7.71. The van der Waals surface area contributed by atoms with Gasteiger partial charge in [-0.2, -0.15) is 4.98 Å². The highest BCUT2D eigenvalue weighted by Gasteiger charge is 2.23. The van der Waals surface area contributed by atoms with Crippen LogP contribution in [0.15, 0.2) is 4.52 Å². The van der Waals surface area contributed by atoms with Gasteiger partial charge in [-0.15, -0.1) is 0 Å². The molecule has 1 aromatic heterocycles. The maximum atomic E-state index is 5.29. The number of likely N-dealkylation sites (tertiary alicyclic amines) is 1. The summed E-state index contributed by atoms with van der Waals surface area (Å²) in [7, 11) is 0. The lowest BCUT2D eigenvalue weighted by atomic mass is 10.0. The quantitative estimate of drug-likeness (QED) is 0.799. The summed E-state index contributed by atoms with van der Waals surface area (Å²) in [6, 6.07) is 0.602. The van der Waals surface area contributed by atoms with E-state index in [1.165, 1.54) is 19.3 Å². The second-order valence-corrected chi connectivity index (χ2v) is 6.53. The van der Waals surface area contributed by atoms with E-state index < -0.39 is 0 Å². The molecule has 1 unspecified atom stereocenters. The molecule has 0 bridgehead atoms. The Balaban J connectivity index is 1.85. The van der Waals surface area contributed by atoms with E-state index >= 15 is 0 Å². The molecule has 0 amide bonds. The number of nitrogens with zero attached hydrogens (tertiary/aromatic N) is 3. The molecule has 120 valence electrons. The van der Waals surface area contributed by atoms with Crippen LogP contribution in [0.2, 0.25) is 0 Å². The van der Waals surface area contributed by atoms with Crippen LogP contribution in [0.5, 0.6) is 0 Å². The van der Waals surface area contributed by atoms with Crippen molar-refractivity contribution in [2.45, 2.75) is 65.5 Å². The number of piperidine rings is 1. The zero-order valence-corrected chi connectivity index (χ0v) is 13.8. The first kappa shape index (κ1) is 16.4.